The molecule has 112 valence electrons. The molecule has 0 bridgehead atoms. The van der Waals surface area contributed by atoms with Gasteiger partial charge in [0.1, 0.15) is 5.82 Å². The average Bonchev–Trinajstić information content (AvgIpc) is 2.36. The number of hydrogen-bond acceptors (Lipinski definition) is 3. The van der Waals surface area contributed by atoms with E-state index < -0.39 is 11.7 Å². The van der Waals surface area contributed by atoms with Crippen molar-refractivity contribution in [3.8, 4) is 0 Å². The lowest BCUT2D eigenvalue weighted by atomic mass is 9.98. The molecule has 1 fully saturated rings. The third-order valence-corrected chi connectivity index (χ3v) is 3.87. The van der Waals surface area contributed by atoms with Crippen molar-refractivity contribution in [3.63, 3.8) is 0 Å². The Bertz CT molecular complexity index is 465. The van der Waals surface area contributed by atoms with Crippen LogP contribution >= 0.6 is 15.9 Å². The number of piperidine rings is 1. The number of nitrogens with zero attached hydrogens (tertiary/aromatic N) is 2. The van der Waals surface area contributed by atoms with Crippen LogP contribution in [-0.4, -0.2) is 36.6 Å². The van der Waals surface area contributed by atoms with Gasteiger partial charge >= 0.3 is 6.18 Å². The van der Waals surface area contributed by atoms with Gasteiger partial charge in [-0.1, -0.05) is 0 Å². The third-order valence-electron chi connectivity index (χ3n) is 3.44. The van der Waals surface area contributed by atoms with Crippen LogP contribution in [0, 0.1) is 5.92 Å². The minimum absolute atomic E-state index is 0.0890. The van der Waals surface area contributed by atoms with Crippen LogP contribution in [0.5, 0.6) is 0 Å². The highest BCUT2D eigenvalue weighted by Crippen LogP contribution is 2.35. The first-order valence-electron chi connectivity index (χ1n) is 6.51. The van der Waals surface area contributed by atoms with Gasteiger partial charge in [0.2, 0.25) is 0 Å². The van der Waals surface area contributed by atoms with E-state index in [0.29, 0.717) is 16.9 Å². The molecule has 1 unspecified atom stereocenters. The summed E-state index contributed by atoms with van der Waals surface area (Å²) in [6, 6.07) is 1.06. The number of hydrogen-bond donors (Lipinski definition) is 1. The van der Waals surface area contributed by atoms with Crippen molar-refractivity contribution in [1.29, 1.82) is 0 Å². The Balaban J connectivity index is 2.05. The number of halogens is 4. The Labute approximate surface area is 124 Å². The molecule has 7 heteroatoms. The molecular weight excluding hydrogens is 335 g/mol. The van der Waals surface area contributed by atoms with Gasteiger partial charge in [0.05, 0.1) is 5.56 Å². The number of anilines is 1. The van der Waals surface area contributed by atoms with E-state index in [-0.39, 0.29) is 5.82 Å². The highest BCUT2D eigenvalue weighted by molar-refractivity contribution is 9.10. The summed E-state index contributed by atoms with van der Waals surface area (Å²) in [5, 5.41) is 2.86. The summed E-state index contributed by atoms with van der Waals surface area (Å²) in [7, 11) is 2.03. The summed E-state index contributed by atoms with van der Waals surface area (Å²) in [6.45, 7) is 2.48. The molecule has 1 N–H and O–H groups in total. The van der Waals surface area contributed by atoms with Crippen LogP contribution in [0.25, 0.3) is 0 Å². The number of rotatable bonds is 3. The summed E-state index contributed by atoms with van der Waals surface area (Å²) in [6.07, 6.45) is -0.898. The average molecular weight is 352 g/mol. The second kappa shape index (κ2) is 6.30. The van der Waals surface area contributed by atoms with E-state index in [0.717, 1.165) is 32.0 Å². The highest BCUT2D eigenvalue weighted by atomic mass is 79.9. The van der Waals surface area contributed by atoms with Crippen LogP contribution in [0.4, 0.5) is 19.0 Å². The molecule has 1 aromatic heterocycles. The predicted molar refractivity (Wildman–Crippen MR) is 75.6 cm³/mol. The molecule has 2 heterocycles. The van der Waals surface area contributed by atoms with Gasteiger partial charge in [-0.05, 0) is 54.3 Å². The molecule has 0 spiro atoms. The number of aromatic nitrogens is 1. The zero-order chi connectivity index (χ0) is 14.8. The maximum absolute atomic E-state index is 12.9. The molecule has 1 atom stereocenters. The van der Waals surface area contributed by atoms with Crippen LogP contribution in [0.1, 0.15) is 18.4 Å². The van der Waals surface area contributed by atoms with E-state index >= 15 is 0 Å². The molecule has 20 heavy (non-hydrogen) atoms. The Morgan fingerprint density at radius 1 is 1.50 bits per heavy atom. The van der Waals surface area contributed by atoms with Gasteiger partial charge in [0.15, 0.2) is 0 Å². The number of alkyl halides is 3. The first-order chi connectivity index (χ1) is 9.36. The molecule has 1 aliphatic heterocycles. The van der Waals surface area contributed by atoms with Crippen LogP contribution < -0.4 is 5.32 Å². The van der Waals surface area contributed by atoms with Gasteiger partial charge in [-0.3, -0.25) is 0 Å². The fourth-order valence-corrected chi connectivity index (χ4v) is 2.81. The highest BCUT2D eigenvalue weighted by Gasteiger charge is 2.34. The van der Waals surface area contributed by atoms with Crippen molar-refractivity contribution < 1.29 is 13.2 Å². The molecule has 3 nitrogen and oxygen atoms in total. The van der Waals surface area contributed by atoms with Crippen molar-refractivity contribution in [1.82, 2.24) is 9.88 Å². The molecule has 2 rings (SSSR count). The van der Waals surface area contributed by atoms with E-state index in [1.807, 2.05) is 7.05 Å². The van der Waals surface area contributed by atoms with Gasteiger partial charge in [0, 0.05) is 23.8 Å². The maximum atomic E-state index is 12.9. The summed E-state index contributed by atoms with van der Waals surface area (Å²) in [4.78, 5) is 6.06. The fraction of sp³-hybridized carbons (Fsp3) is 0.615. The molecule has 0 aliphatic carbocycles. The molecule has 1 saturated heterocycles. The fourth-order valence-electron chi connectivity index (χ4n) is 2.48. The molecule has 0 saturated carbocycles. The van der Waals surface area contributed by atoms with Crippen molar-refractivity contribution in [2.24, 2.45) is 5.92 Å². The van der Waals surface area contributed by atoms with Gasteiger partial charge in [-0.15, -0.1) is 0 Å². The van der Waals surface area contributed by atoms with Crippen molar-refractivity contribution in [2.75, 3.05) is 32.0 Å². The summed E-state index contributed by atoms with van der Waals surface area (Å²) in [5.41, 5.74) is -0.726. The van der Waals surface area contributed by atoms with E-state index in [9.17, 15) is 13.2 Å². The minimum Gasteiger partial charge on any atom is -0.369 e. The Morgan fingerprint density at radius 3 is 2.90 bits per heavy atom. The first-order valence-corrected chi connectivity index (χ1v) is 7.30. The van der Waals surface area contributed by atoms with Gasteiger partial charge in [-0.2, -0.15) is 13.2 Å². The molecule has 0 amide bonds. The lowest BCUT2D eigenvalue weighted by Crippen LogP contribution is -2.35. The lowest BCUT2D eigenvalue weighted by molar-refractivity contribution is -0.137. The second-order valence-electron chi connectivity index (χ2n) is 5.20. The molecule has 1 aromatic rings. The molecular formula is C13H17BrF3N3. The number of pyridine rings is 1. The maximum Gasteiger partial charge on any atom is 0.419 e. The van der Waals surface area contributed by atoms with Crippen molar-refractivity contribution in [2.45, 2.75) is 19.0 Å². The third kappa shape index (κ3) is 4.09. The van der Waals surface area contributed by atoms with E-state index in [1.54, 1.807) is 0 Å². The number of nitrogens with one attached hydrogen (secondary N) is 1. The quantitative estimate of drug-likeness (QED) is 0.901. The summed E-state index contributed by atoms with van der Waals surface area (Å²) >= 11 is 3.03. The first kappa shape index (κ1) is 15.6. The monoisotopic (exact) mass is 351 g/mol. The Morgan fingerprint density at radius 2 is 2.25 bits per heavy atom. The summed E-state index contributed by atoms with van der Waals surface area (Å²) < 4.78 is 39.2. The Hall–Kier alpha value is -0.820. The van der Waals surface area contributed by atoms with Gasteiger partial charge in [0.25, 0.3) is 0 Å². The van der Waals surface area contributed by atoms with Gasteiger partial charge in [-0.25, -0.2) is 4.98 Å². The smallest absolute Gasteiger partial charge is 0.369 e. The van der Waals surface area contributed by atoms with E-state index in [1.165, 1.54) is 6.20 Å². The zero-order valence-electron chi connectivity index (χ0n) is 11.2. The second-order valence-corrected chi connectivity index (χ2v) is 6.11. The number of likely N-dealkylation sites (tertiary alicyclic amines) is 1. The topological polar surface area (TPSA) is 28.2 Å². The SMILES string of the molecule is CN1CCCC(CNc2ncc(Br)cc2C(F)(F)F)C1. The molecule has 0 radical (unpaired) electrons. The standard InChI is InChI=1S/C13H17BrF3N3/c1-20-4-2-3-9(8-20)6-18-12-11(13(15,16)17)5-10(14)7-19-12/h5,7,9H,2-4,6,8H2,1H3,(H,18,19). The normalized spacial score (nSPS) is 20.9. The minimum atomic E-state index is -4.40. The molecule has 1 aliphatic rings. The van der Waals surface area contributed by atoms with E-state index in [4.69, 9.17) is 0 Å². The van der Waals surface area contributed by atoms with Gasteiger partial charge < -0.3 is 10.2 Å². The van der Waals surface area contributed by atoms with Crippen molar-refractivity contribution >= 4 is 21.7 Å². The van der Waals surface area contributed by atoms with Crippen molar-refractivity contribution in [3.05, 3.63) is 22.3 Å². The summed E-state index contributed by atoms with van der Waals surface area (Å²) in [5.74, 6) is 0.272. The lowest BCUT2D eigenvalue weighted by Gasteiger charge is -2.30. The Kier molecular flexibility index (Phi) is 4.90. The largest absolute Gasteiger partial charge is 0.419 e. The van der Waals surface area contributed by atoms with E-state index in [2.05, 4.69) is 31.1 Å². The molecule has 0 aromatic carbocycles. The zero-order valence-corrected chi connectivity index (χ0v) is 12.8. The predicted octanol–water partition coefficient (Wildman–Crippen LogP) is 3.62. The van der Waals surface area contributed by atoms with Crippen LogP contribution in [0.2, 0.25) is 0 Å². The van der Waals surface area contributed by atoms with Crippen LogP contribution in [0.15, 0.2) is 16.7 Å². The van der Waals surface area contributed by atoms with Crippen LogP contribution in [0.3, 0.4) is 0 Å². The van der Waals surface area contributed by atoms with Crippen LogP contribution in [-0.2, 0) is 6.18 Å².